The Balaban J connectivity index is 2.42. The van der Waals surface area contributed by atoms with Crippen molar-refractivity contribution >= 4 is 28.4 Å². The summed E-state index contributed by atoms with van der Waals surface area (Å²) >= 11 is 6.13. The predicted octanol–water partition coefficient (Wildman–Crippen LogP) is 4.75. The topological polar surface area (TPSA) is 36.1 Å². The Labute approximate surface area is 137 Å². The Kier molecular flexibility index (Phi) is 5.17. The van der Waals surface area contributed by atoms with Crippen molar-refractivity contribution in [3.63, 3.8) is 0 Å². The van der Waals surface area contributed by atoms with Crippen LogP contribution in [0.2, 0.25) is 5.02 Å². The highest BCUT2D eigenvalue weighted by Crippen LogP contribution is 2.33. The summed E-state index contributed by atoms with van der Waals surface area (Å²) in [6, 6.07) is 5.75. The maximum atomic E-state index is 13.1. The summed E-state index contributed by atoms with van der Waals surface area (Å²) in [4.78, 5) is 18.3. The van der Waals surface area contributed by atoms with Gasteiger partial charge in [-0.15, -0.1) is 0 Å². The largest absolute Gasteiger partial charge is 0.361 e. The van der Waals surface area contributed by atoms with E-state index >= 15 is 0 Å². The van der Waals surface area contributed by atoms with Gasteiger partial charge in [-0.25, -0.2) is 0 Å². The molecule has 0 aliphatic carbocycles. The molecule has 1 N–H and O–H groups in total. The van der Waals surface area contributed by atoms with Gasteiger partial charge in [0.05, 0.1) is 5.41 Å². The maximum absolute atomic E-state index is 13.1. The zero-order valence-electron chi connectivity index (χ0n) is 13.9. The first-order valence-corrected chi connectivity index (χ1v) is 8.36. The molecule has 0 saturated carbocycles. The fraction of sp³-hybridized carbons (Fsp3) is 0.500. The second kappa shape index (κ2) is 6.74. The normalized spacial score (nSPS) is 11.9. The van der Waals surface area contributed by atoms with E-state index in [1.54, 1.807) is 0 Å². The van der Waals surface area contributed by atoms with Gasteiger partial charge < -0.3 is 9.88 Å². The monoisotopic (exact) mass is 320 g/mol. The first-order valence-electron chi connectivity index (χ1n) is 7.98. The molecule has 4 heteroatoms. The number of amides is 1. The maximum Gasteiger partial charge on any atom is 0.232 e. The standard InChI is InChI=1S/C18H25ClN2O/c1-5-9-21(10-6-2)17(22)18(3,4)15-12-20-16-8-7-13(19)11-14(15)16/h7-8,11-12,20H,5-6,9-10H2,1-4H3. The summed E-state index contributed by atoms with van der Waals surface area (Å²) in [7, 11) is 0. The number of fused-ring (bicyclic) bond motifs is 1. The summed E-state index contributed by atoms with van der Waals surface area (Å²) in [6.45, 7) is 9.82. The highest BCUT2D eigenvalue weighted by atomic mass is 35.5. The molecule has 1 heterocycles. The number of nitrogens with one attached hydrogen (secondary N) is 1. The van der Waals surface area contributed by atoms with Crippen LogP contribution >= 0.6 is 11.6 Å². The van der Waals surface area contributed by atoms with Crippen LogP contribution in [0.5, 0.6) is 0 Å². The van der Waals surface area contributed by atoms with Crippen molar-refractivity contribution < 1.29 is 4.79 Å². The third kappa shape index (κ3) is 3.14. The van der Waals surface area contributed by atoms with Crippen LogP contribution in [0, 0.1) is 0 Å². The molecule has 0 aliphatic rings. The predicted molar refractivity (Wildman–Crippen MR) is 93.5 cm³/mol. The lowest BCUT2D eigenvalue weighted by atomic mass is 9.82. The van der Waals surface area contributed by atoms with Crippen molar-refractivity contribution in [1.29, 1.82) is 0 Å². The number of hydrogen-bond acceptors (Lipinski definition) is 1. The van der Waals surface area contributed by atoms with Crippen LogP contribution in [0.1, 0.15) is 46.1 Å². The minimum Gasteiger partial charge on any atom is -0.361 e. The summed E-state index contributed by atoms with van der Waals surface area (Å²) in [5.74, 6) is 0.178. The van der Waals surface area contributed by atoms with Crippen molar-refractivity contribution in [2.24, 2.45) is 0 Å². The van der Waals surface area contributed by atoms with Crippen molar-refractivity contribution in [3.05, 3.63) is 35.0 Å². The van der Waals surface area contributed by atoms with Crippen molar-refractivity contribution in [2.75, 3.05) is 13.1 Å². The van der Waals surface area contributed by atoms with E-state index in [0.29, 0.717) is 5.02 Å². The van der Waals surface area contributed by atoms with Gasteiger partial charge >= 0.3 is 0 Å². The van der Waals surface area contributed by atoms with E-state index in [0.717, 1.165) is 42.4 Å². The van der Waals surface area contributed by atoms with Gasteiger partial charge in [0, 0.05) is 35.2 Å². The van der Waals surface area contributed by atoms with Gasteiger partial charge in [0.25, 0.3) is 0 Å². The SMILES string of the molecule is CCCN(CCC)C(=O)C(C)(C)c1c[nH]c2ccc(Cl)cc12. The Morgan fingerprint density at radius 2 is 1.86 bits per heavy atom. The Morgan fingerprint density at radius 3 is 2.45 bits per heavy atom. The van der Waals surface area contributed by atoms with Gasteiger partial charge in [0.1, 0.15) is 0 Å². The van der Waals surface area contributed by atoms with E-state index in [9.17, 15) is 4.79 Å². The van der Waals surface area contributed by atoms with Crippen LogP contribution in [0.4, 0.5) is 0 Å². The molecule has 0 unspecified atom stereocenters. The Morgan fingerprint density at radius 1 is 1.23 bits per heavy atom. The molecule has 1 aromatic heterocycles. The minimum absolute atomic E-state index is 0.178. The Hall–Kier alpha value is -1.48. The van der Waals surface area contributed by atoms with E-state index < -0.39 is 5.41 Å². The van der Waals surface area contributed by atoms with Gasteiger partial charge in [0.2, 0.25) is 5.91 Å². The molecule has 0 aliphatic heterocycles. The van der Waals surface area contributed by atoms with Gasteiger partial charge in [-0.2, -0.15) is 0 Å². The number of H-pyrrole nitrogens is 1. The Bertz CT molecular complexity index is 654. The molecule has 2 rings (SSSR count). The summed E-state index contributed by atoms with van der Waals surface area (Å²) in [6.07, 6.45) is 3.89. The molecule has 3 nitrogen and oxygen atoms in total. The molecule has 120 valence electrons. The lowest BCUT2D eigenvalue weighted by Crippen LogP contribution is -2.44. The first kappa shape index (κ1) is 16.9. The van der Waals surface area contributed by atoms with Crippen LogP contribution in [-0.4, -0.2) is 28.9 Å². The molecule has 1 amide bonds. The van der Waals surface area contributed by atoms with Gasteiger partial charge in [0.15, 0.2) is 0 Å². The van der Waals surface area contributed by atoms with E-state index in [-0.39, 0.29) is 5.91 Å². The average molecular weight is 321 g/mol. The molecule has 0 radical (unpaired) electrons. The highest BCUT2D eigenvalue weighted by Gasteiger charge is 2.35. The number of aromatic nitrogens is 1. The average Bonchev–Trinajstić information content (AvgIpc) is 2.89. The number of nitrogens with zero attached hydrogens (tertiary/aromatic N) is 1. The van der Waals surface area contributed by atoms with Gasteiger partial charge in [-0.3, -0.25) is 4.79 Å². The number of carbonyl (C=O) groups excluding carboxylic acids is 1. The fourth-order valence-corrected chi connectivity index (χ4v) is 3.15. The van der Waals surface area contributed by atoms with Crippen LogP contribution in [0.25, 0.3) is 10.9 Å². The summed E-state index contributed by atoms with van der Waals surface area (Å²) in [5.41, 5.74) is 1.44. The summed E-state index contributed by atoms with van der Waals surface area (Å²) in [5, 5.41) is 1.72. The van der Waals surface area contributed by atoms with Crippen molar-refractivity contribution in [1.82, 2.24) is 9.88 Å². The molecule has 22 heavy (non-hydrogen) atoms. The number of aromatic amines is 1. The van der Waals surface area contributed by atoms with E-state index in [1.807, 2.05) is 43.1 Å². The van der Waals surface area contributed by atoms with Gasteiger partial charge in [-0.1, -0.05) is 25.4 Å². The zero-order chi connectivity index (χ0) is 16.3. The first-order chi connectivity index (χ1) is 10.4. The molecule has 2 aromatic rings. The minimum atomic E-state index is -0.576. The molecule has 0 fully saturated rings. The molecular weight excluding hydrogens is 296 g/mol. The molecular formula is C18H25ClN2O. The molecule has 1 aromatic carbocycles. The van der Waals surface area contributed by atoms with Crippen molar-refractivity contribution in [2.45, 2.75) is 46.0 Å². The lowest BCUT2D eigenvalue weighted by Gasteiger charge is -2.31. The van der Waals surface area contributed by atoms with Gasteiger partial charge in [-0.05, 0) is 50.5 Å². The highest BCUT2D eigenvalue weighted by molar-refractivity contribution is 6.31. The lowest BCUT2D eigenvalue weighted by molar-refractivity contribution is -0.136. The quantitative estimate of drug-likeness (QED) is 0.819. The summed E-state index contributed by atoms with van der Waals surface area (Å²) < 4.78 is 0. The van der Waals surface area contributed by atoms with Crippen molar-refractivity contribution in [3.8, 4) is 0 Å². The third-order valence-electron chi connectivity index (χ3n) is 4.13. The van der Waals surface area contributed by atoms with Crippen LogP contribution in [0.3, 0.4) is 0 Å². The smallest absolute Gasteiger partial charge is 0.232 e. The van der Waals surface area contributed by atoms with Crippen LogP contribution in [0.15, 0.2) is 24.4 Å². The number of halogens is 1. The third-order valence-corrected chi connectivity index (χ3v) is 4.36. The second-order valence-corrected chi connectivity index (χ2v) is 6.75. The number of rotatable bonds is 6. The number of hydrogen-bond donors (Lipinski definition) is 1. The number of benzene rings is 1. The van der Waals surface area contributed by atoms with E-state index in [1.165, 1.54) is 0 Å². The molecule has 0 bridgehead atoms. The fourth-order valence-electron chi connectivity index (χ4n) is 2.98. The zero-order valence-corrected chi connectivity index (χ0v) is 14.6. The van der Waals surface area contributed by atoms with E-state index in [2.05, 4.69) is 18.8 Å². The number of carbonyl (C=O) groups is 1. The molecule has 0 spiro atoms. The van der Waals surface area contributed by atoms with Crippen LogP contribution in [-0.2, 0) is 10.2 Å². The molecule has 0 atom stereocenters. The van der Waals surface area contributed by atoms with Crippen LogP contribution < -0.4 is 0 Å². The van der Waals surface area contributed by atoms with E-state index in [4.69, 9.17) is 11.6 Å². The second-order valence-electron chi connectivity index (χ2n) is 6.31. The molecule has 0 saturated heterocycles.